The van der Waals surface area contributed by atoms with E-state index in [4.69, 9.17) is 10.5 Å². The van der Waals surface area contributed by atoms with Crippen LogP contribution in [0.2, 0.25) is 0 Å². The Bertz CT molecular complexity index is 2000. The van der Waals surface area contributed by atoms with Gasteiger partial charge in [0.15, 0.2) is 0 Å². The Morgan fingerprint density at radius 2 is 1.49 bits per heavy atom. The SMILES string of the molecule is CCN(CC)c1ccc2c3c(ccc2c1)C1(c2ccccc2C(=N)N1NC(N)=O)c1ccc2cccc(N(CC)CC)c2c1O3. The second-order valence-electron chi connectivity index (χ2n) is 11.5. The molecule has 0 saturated heterocycles. The molecule has 1 atom stereocenters. The molecule has 8 nitrogen and oxygen atoms in total. The summed E-state index contributed by atoms with van der Waals surface area (Å²) in [5, 5.41) is 15.0. The molecule has 0 aromatic heterocycles. The molecule has 2 heterocycles. The highest BCUT2D eigenvalue weighted by Crippen LogP contribution is 2.60. The Kier molecular flexibility index (Phi) is 6.80. The van der Waals surface area contributed by atoms with Crippen LogP contribution in [0.1, 0.15) is 49.9 Å². The topological polar surface area (TPSA) is 97.9 Å². The molecule has 2 aliphatic heterocycles. The highest BCUT2D eigenvalue weighted by Gasteiger charge is 2.56. The van der Waals surface area contributed by atoms with Gasteiger partial charge in [-0.3, -0.25) is 5.41 Å². The van der Waals surface area contributed by atoms with Gasteiger partial charge in [0, 0.05) is 65.0 Å². The lowest BCUT2D eigenvalue weighted by Crippen LogP contribution is -2.57. The Morgan fingerprint density at radius 1 is 0.800 bits per heavy atom. The molecular formula is C37H38N6O2. The molecule has 0 aliphatic carbocycles. The normalized spacial score (nSPS) is 16.4. The number of nitrogens with two attached hydrogens (primary N) is 1. The number of benzene rings is 5. The summed E-state index contributed by atoms with van der Waals surface area (Å²) in [5.74, 6) is 1.58. The van der Waals surface area contributed by atoms with Crippen molar-refractivity contribution in [3.8, 4) is 11.5 Å². The lowest BCUT2D eigenvalue weighted by molar-refractivity contribution is 0.182. The highest BCUT2D eigenvalue weighted by molar-refractivity contribution is 6.08. The van der Waals surface area contributed by atoms with Crippen LogP contribution >= 0.6 is 0 Å². The summed E-state index contributed by atoms with van der Waals surface area (Å²) in [4.78, 5) is 17.3. The third-order valence-electron chi connectivity index (χ3n) is 9.50. The first-order chi connectivity index (χ1) is 21.9. The molecule has 2 amide bonds. The van der Waals surface area contributed by atoms with Crippen molar-refractivity contribution in [3.63, 3.8) is 0 Å². The van der Waals surface area contributed by atoms with Crippen molar-refractivity contribution in [1.29, 1.82) is 5.41 Å². The van der Waals surface area contributed by atoms with Crippen molar-refractivity contribution < 1.29 is 9.53 Å². The lowest BCUT2D eigenvalue weighted by atomic mass is 9.74. The molecule has 228 valence electrons. The van der Waals surface area contributed by atoms with Gasteiger partial charge in [0.1, 0.15) is 22.9 Å². The number of fused-ring (bicyclic) bond motifs is 10. The van der Waals surface area contributed by atoms with Gasteiger partial charge in [-0.25, -0.2) is 15.2 Å². The number of amides is 2. The highest BCUT2D eigenvalue weighted by atomic mass is 16.5. The number of carbonyl (C=O) groups is 1. The number of anilines is 2. The van der Waals surface area contributed by atoms with Gasteiger partial charge in [0.05, 0.1) is 0 Å². The van der Waals surface area contributed by atoms with Crippen molar-refractivity contribution in [2.75, 3.05) is 36.0 Å². The monoisotopic (exact) mass is 598 g/mol. The first-order valence-electron chi connectivity index (χ1n) is 15.7. The fraction of sp³-hybridized carbons (Fsp3) is 0.243. The minimum Gasteiger partial charge on any atom is -0.455 e. The molecule has 5 aromatic carbocycles. The average molecular weight is 599 g/mol. The lowest BCUT2D eigenvalue weighted by Gasteiger charge is -2.45. The minimum atomic E-state index is -1.11. The number of rotatable bonds is 7. The number of hydrazine groups is 1. The quantitative estimate of drug-likeness (QED) is 0.183. The van der Waals surface area contributed by atoms with Crippen molar-refractivity contribution >= 4 is 44.8 Å². The maximum Gasteiger partial charge on any atom is 0.331 e. The van der Waals surface area contributed by atoms with E-state index in [9.17, 15) is 10.2 Å². The summed E-state index contributed by atoms with van der Waals surface area (Å²) in [6, 6.07) is 28.3. The van der Waals surface area contributed by atoms with Gasteiger partial charge in [-0.2, -0.15) is 0 Å². The second kappa shape index (κ2) is 10.7. The standard InChI is InChI=1S/C37H38N6O2/c1-5-41(6-2)25-18-19-26-24(22-25)17-21-29-33(26)45-34-30(20-16-23-12-11-15-31(32(23)34)42(7-3)8-4)37(29)28-14-10-9-13-27(28)35(38)43(37)40-36(39)44/h9-22,38H,5-8H2,1-4H3,(H3,39,40,44). The van der Waals surface area contributed by atoms with Gasteiger partial charge >= 0.3 is 6.03 Å². The predicted octanol–water partition coefficient (Wildman–Crippen LogP) is 7.31. The fourth-order valence-electron chi connectivity index (χ4n) is 7.46. The summed E-state index contributed by atoms with van der Waals surface area (Å²) in [6.45, 7) is 12.1. The Morgan fingerprint density at radius 3 is 2.20 bits per heavy atom. The van der Waals surface area contributed by atoms with Crippen molar-refractivity contribution in [2.24, 2.45) is 5.73 Å². The predicted molar refractivity (Wildman–Crippen MR) is 183 cm³/mol. The number of urea groups is 1. The first kappa shape index (κ1) is 28.5. The van der Waals surface area contributed by atoms with Crippen LogP contribution in [0.15, 0.2) is 84.9 Å². The molecule has 1 spiro atoms. The summed E-state index contributed by atoms with van der Waals surface area (Å²) in [6.07, 6.45) is 0. The first-order valence-corrected chi connectivity index (χ1v) is 15.7. The molecule has 8 heteroatoms. The number of ether oxygens (including phenoxy) is 1. The molecule has 0 radical (unpaired) electrons. The van der Waals surface area contributed by atoms with E-state index in [0.29, 0.717) is 11.5 Å². The summed E-state index contributed by atoms with van der Waals surface area (Å²) in [7, 11) is 0. The van der Waals surface area contributed by atoms with Crippen LogP contribution in [-0.2, 0) is 5.54 Å². The number of amidine groups is 1. The fourth-order valence-corrected chi connectivity index (χ4v) is 7.46. The average Bonchev–Trinajstić information content (AvgIpc) is 3.29. The summed E-state index contributed by atoms with van der Waals surface area (Å²) < 4.78 is 7.15. The Labute approximate surface area is 263 Å². The maximum atomic E-state index is 12.6. The van der Waals surface area contributed by atoms with Crippen molar-refractivity contribution in [3.05, 3.63) is 107 Å². The van der Waals surface area contributed by atoms with Crippen LogP contribution in [0.3, 0.4) is 0 Å². The summed E-state index contributed by atoms with van der Waals surface area (Å²) in [5.41, 5.74) is 13.1. The van der Waals surface area contributed by atoms with Crippen LogP contribution in [0.4, 0.5) is 16.2 Å². The number of nitrogens with zero attached hydrogens (tertiary/aromatic N) is 3. The van der Waals surface area contributed by atoms with E-state index in [0.717, 1.165) is 81.4 Å². The van der Waals surface area contributed by atoms with Gasteiger partial charge < -0.3 is 20.3 Å². The van der Waals surface area contributed by atoms with Crippen molar-refractivity contribution in [2.45, 2.75) is 33.2 Å². The van der Waals surface area contributed by atoms with Gasteiger partial charge in [0.25, 0.3) is 0 Å². The minimum absolute atomic E-state index is 0.164. The van der Waals surface area contributed by atoms with Crippen molar-refractivity contribution in [1.82, 2.24) is 10.4 Å². The second-order valence-corrected chi connectivity index (χ2v) is 11.5. The van der Waals surface area contributed by atoms with E-state index < -0.39 is 11.6 Å². The molecule has 45 heavy (non-hydrogen) atoms. The van der Waals surface area contributed by atoms with E-state index in [1.165, 1.54) is 0 Å². The number of carbonyl (C=O) groups excluding carboxylic acids is 1. The molecule has 0 saturated carbocycles. The zero-order valence-corrected chi connectivity index (χ0v) is 26.1. The maximum absolute atomic E-state index is 12.6. The van der Waals surface area contributed by atoms with Crippen LogP contribution in [0.25, 0.3) is 21.5 Å². The van der Waals surface area contributed by atoms with E-state index in [2.05, 4.69) is 104 Å². The third-order valence-corrected chi connectivity index (χ3v) is 9.50. The number of hydrogen-bond acceptors (Lipinski definition) is 5. The largest absolute Gasteiger partial charge is 0.455 e. The summed E-state index contributed by atoms with van der Waals surface area (Å²) >= 11 is 0. The van der Waals surface area contributed by atoms with Crippen LogP contribution < -0.4 is 25.7 Å². The molecule has 0 fully saturated rings. The van der Waals surface area contributed by atoms with Gasteiger partial charge in [-0.15, -0.1) is 0 Å². The van der Waals surface area contributed by atoms with E-state index in [1.807, 2.05) is 24.3 Å². The van der Waals surface area contributed by atoms with Crippen LogP contribution in [0.5, 0.6) is 11.5 Å². The van der Waals surface area contributed by atoms with Gasteiger partial charge in [-0.05, 0) is 68.3 Å². The van der Waals surface area contributed by atoms with E-state index in [-0.39, 0.29) is 5.84 Å². The number of hydrogen-bond donors (Lipinski definition) is 3. The molecule has 0 bridgehead atoms. The van der Waals surface area contributed by atoms with Crippen LogP contribution in [0, 0.1) is 5.41 Å². The molecule has 1 unspecified atom stereocenters. The van der Waals surface area contributed by atoms with Gasteiger partial charge in [-0.1, -0.05) is 60.7 Å². The number of nitrogens with one attached hydrogen (secondary N) is 2. The molecule has 7 rings (SSSR count). The van der Waals surface area contributed by atoms with E-state index >= 15 is 0 Å². The molecular weight excluding hydrogens is 560 g/mol. The molecule has 4 N–H and O–H groups in total. The van der Waals surface area contributed by atoms with Crippen LogP contribution in [-0.4, -0.2) is 43.1 Å². The Balaban J connectivity index is 1.63. The zero-order valence-electron chi connectivity index (χ0n) is 26.1. The van der Waals surface area contributed by atoms with Gasteiger partial charge in [0.2, 0.25) is 0 Å². The zero-order chi connectivity index (χ0) is 31.5. The Hall–Kier alpha value is -5.24. The third kappa shape index (κ3) is 3.98. The number of primary amides is 1. The smallest absolute Gasteiger partial charge is 0.331 e. The van der Waals surface area contributed by atoms with E-state index in [1.54, 1.807) is 5.01 Å². The molecule has 5 aromatic rings. The molecule has 2 aliphatic rings.